The number of halogens is 2. The number of methoxy groups -OCH3 is 1. The summed E-state index contributed by atoms with van der Waals surface area (Å²) in [6.07, 6.45) is 2.17. The molecule has 1 atom stereocenters. The predicted octanol–water partition coefficient (Wildman–Crippen LogP) is 4.21. The van der Waals surface area contributed by atoms with Crippen molar-refractivity contribution in [1.29, 1.82) is 0 Å². The van der Waals surface area contributed by atoms with Crippen LogP contribution in [0.5, 0.6) is 0 Å². The molecule has 3 rings (SSSR count). The third kappa shape index (κ3) is 4.09. The van der Waals surface area contributed by atoms with Crippen molar-refractivity contribution < 1.29 is 18.3 Å². The van der Waals surface area contributed by atoms with Gasteiger partial charge in [0.15, 0.2) is 0 Å². The van der Waals surface area contributed by atoms with Crippen molar-refractivity contribution in [2.75, 3.05) is 29.7 Å². The molecule has 1 aliphatic rings. The number of ether oxygens (including phenoxy) is 1. The average Bonchev–Trinajstić information content (AvgIpc) is 2.97. The van der Waals surface area contributed by atoms with Gasteiger partial charge in [-0.3, -0.25) is 4.79 Å². The Balaban J connectivity index is 1.77. The minimum atomic E-state index is -0.492. The number of nitrogens with one attached hydrogen (secondary N) is 3. The molecular weight excluding hydrogens is 352 g/mol. The van der Waals surface area contributed by atoms with Gasteiger partial charge in [-0.15, -0.1) is 0 Å². The van der Waals surface area contributed by atoms with Crippen LogP contribution in [-0.2, 0) is 9.53 Å². The summed E-state index contributed by atoms with van der Waals surface area (Å²) in [6.45, 7) is 2.46. The van der Waals surface area contributed by atoms with Crippen molar-refractivity contribution >= 4 is 28.5 Å². The lowest BCUT2D eigenvalue weighted by molar-refractivity contribution is -0.110. The Morgan fingerprint density at radius 1 is 1.22 bits per heavy atom. The highest BCUT2D eigenvalue weighted by Gasteiger charge is 2.27. The van der Waals surface area contributed by atoms with Gasteiger partial charge in [-0.1, -0.05) is 13.0 Å². The van der Waals surface area contributed by atoms with E-state index in [-0.39, 0.29) is 17.2 Å². The van der Waals surface area contributed by atoms with E-state index in [1.54, 1.807) is 25.3 Å². The monoisotopic (exact) mass is 373 g/mol. The summed E-state index contributed by atoms with van der Waals surface area (Å²) < 4.78 is 33.5. The van der Waals surface area contributed by atoms with Crippen LogP contribution in [0.3, 0.4) is 0 Å². The molecule has 0 saturated heterocycles. The molecule has 5 nitrogen and oxygen atoms in total. The van der Waals surface area contributed by atoms with Crippen LogP contribution in [0.1, 0.15) is 18.9 Å². The minimum Gasteiger partial charge on any atom is -0.383 e. The van der Waals surface area contributed by atoms with Crippen molar-refractivity contribution in [2.45, 2.75) is 19.4 Å². The highest BCUT2D eigenvalue weighted by Crippen LogP contribution is 2.33. The SMILES string of the molecule is CCC(COC)Nc1ccc(N/C=C2\C(=O)Nc3cccc(F)c32)cc1F. The summed E-state index contributed by atoms with van der Waals surface area (Å²) in [5, 5.41) is 8.56. The largest absolute Gasteiger partial charge is 0.383 e. The van der Waals surface area contributed by atoms with Gasteiger partial charge >= 0.3 is 0 Å². The molecule has 0 aromatic heterocycles. The average molecular weight is 373 g/mol. The lowest BCUT2D eigenvalue weighted by Gasteiger charge is -2.18. The summed E-state index contributed by atoms with van der Waals surface area (Å²) in [6, 6.07) is 9.05. The van der Waals surface area contributed by atoms with Crippen molar-refractivity contribution in [1.82, 2.24) is 0 Å². The molecule has 0 spiro atoms. The van der Waals surface area contributed by atoms with Crippen LogP contribution in [0.2, 0.25) is 0 Å². The number of anilines is 3. The fourth-order valence-electron chi connectivity index (χ4n) is 2.90. The Labute approximate surface area is 156 Å². The van der Waals surface area contributed by atoms with Gasteiger partial charge in [0.25, 0.3) is 5.91 Å². The van der Waals surface area contributed by atoms with Crippen molar-refractivity contribution in [3.63, 3.8) is 0 Å². The van der Waals surface area contributed by atoms with E-state index in [0.717, 1.165) is 6.42 Å². The van der Waals surface area contributed by atoms with Crippen LogP contribution in [-0.4, -0.2) is 25.7 Å². The van der Waals surface area contributed by atoms with Crippen LogP contribution >= 0.6 is 0 Å². The molecule has 1 amide bonds. The molecule has 1 aliphatic heterocycles. The maximum absolute atomic E-state index is 14.4. The van der Waals surface area contributed by atoms with Gasteiger partial charge < -0.3 is 20.7 Å². The highest BCUT2D eigenvalue weighted by molar-refractivity contribution is 6.31. The van der Waals surface area contributed by atoms with Crippen LogP contribution in [0.4, 0.5) is 25.8 Å². The molecule has 0 radical (unpaired) electrons. The number of hydrogen-bond donors (Lipinski definition) is 3. The third-order valence-electron chi connectivity index (χ3n) is 4.35. The van der Waals surface area contributed by atoms with Gasteiger partial charge in [-0.05, 0) is 36.8 Å². The first-order valence-corrected chi connectivity index (χ1v) is 8.65. The molecule has 0 bridgehead atoms. The summed E-state index contributed by atoms with van der Waals surface area (Å²) in [4.78, 5) is 12.1. The fourth-order valence-corrected chi connectivity index (χ4v) is 2.90. The quantitative estimate of drug-likeness (QED) is 0.637. The van der Waals surface area contributed by atoms with Gasteiger partial charge in [0.1, 0.15) is 11.6 Å². The van der Waals surface area contributed by atoms with E-state index in [4.69, 9.17) is 4.74 Å². The van der Waals surface area contributed by atoms with Crippen molar-refractivity contribution in [3.8, 4) is 0 Å². The smallest absolute Gasteiger partial charge is 0.257 e. The Morgan fingerprint density at radius 3 is 2.74 bits per heavy atom. The number of benzene rings is 2. The van der Waals surface area contributed by atoms with Gasteiger partial charge in [0, 0.05) is 30.6 Å². The number of hydrogen-bond acceptors (Lipinski definition) is 4. The van der Waals surface area contributed by atoms with Gasteiger partial charge in [-0.2, -0.15) is 0 Å². The molecule has 0 aliphatic carbocycles. The Bertz CT molecular complexity index is 884. The molecule has 1 unspecified atom stereocenters. The second-order valence-corrected chi connectivity index (χ2v) is 6.22. The van der Waals surface area contributed by atoms with Crippen LogP contribution < -0.4 is 16.0 Å². The molecule has 1 heterocycles. The minimum absolute atomic E-state index is 0.00656. The molecule has 2 aromatic carbocycles. The molecule has 3 N–H and O–H groups in total. The first-order chi connectivity index (χ1) is 13.0. The lowest BCUT2D eigenvalue weighted by atomic mass is 10.1. The van der Waals surface area contributed by atoms with Crippen molar-refractivity contribution in [3.05, 3.63) is 59.8 Å². The highest BCUT2D eigenvalue weighted by atomic mass is 19.1. The zero-order chi connectivity index (χ0) is 19.4. The van der Waals surface area contributed by atoms with Crippen LogP contribution in [0, 0.1) is 11.6 Å². The molecule has 142 valence electrons. The van der Waals surface area contributed by atoms with E-state index < -0.39 is 17.5 Å². The molecule has 27 heavy (non-hydrogen) atoms. The number of amides is 1. The second-order valence-electron chi connectivity index (χ2n) is 6.22. The van der Waals surface area contributed by atoms with Gasteiger partial charge in [0.2, 0.25) is 0 Å². The zero-order valence-corrected chi connectivity index (χ0v) is 15.1. The Hall–Kier alpha value is -2.93. The van der Waals surface area contributed by atoms with Gasteiger partial charge in [0.05, 0.1) is 23.6 Å². The lowest BCUT2D eigenvalue weighted by Crippen LogP contribution is -2.24. The maximum Gasteiger partial charge on any atom is 0.257 e. The fraction of sp³-hybridized carbons (Fsp3) is 0.250. The Kier molecular flexibility index (Phi) is 5.71. The van der Waals surface area contributed by atoms with E-state index in [1.807, 2.05) is 6.92 Å². The van der Waals surface area contributed by atoms with E-state index in [0.29, 0.717) is 23.7 Å². The predicted molar refractivity (Wildman–Crippen MR) is 103 cm³/mol. The van der Waals surface area contributed by atoms with Crippen LogP contribution in [0.25, 0.3) is 5.57 Å². The first-order valence-electron chi connectivity index (χ1n) is 8.65. The molecule has 7 heteroatoms. The first kappa shape index (κ1) is 18.8. The molecule has 2 aromatic rings. The summed E-state index contributed by atoms with van der Waals surface area (Å²) in [5.41, 5.74) is 1.61. The normalized spacial score (nSPS) is 15.4. The number of carbonyl (C=O) groups is 1. The summed E-state index contributed by atoms with van der Waals surface area (Å²) >= 11 is 0. The van der Waals surface area contributed by atoms with E-state index in [2.05, 4.69) is 16.0 Å². The topological polar surface area (TPSA) is 62.4 Å². The molecule has 0 saturated carbocycles. The Morgan fingerprint density at radius 2 is 2.04 bits per heavy atom. The van der Waals surface area contributed by atoms with Crippen LogP contribution in [0.15, 0.2) is 42.6 Å². The zero-order valence-electron chi connectivity index (χ0n) is 15.1. The van der Waals surface area contributed by atoms with E-state index in [1.165, 1.54) is 24.4 Å². The second kappa shape index (κ2) is 8.18. The number of rotatable bonds is 7. The standard InChI is InChI=1S/C20H21F2N3O2/c1-3-12(11-27-2)24-17-8-7-13(9-16(17)22)23-10-14-19-15(21)5-4-6-18(19)25-20(14)26/h4-10,12,23-24H,3,11H2,1-2H3,(H,25,26)/b14-10-. The molecule has 0 fully saturated rings. The maximum atomic E-state index is 14.4. The van der Waals surface area contributed by atoms with Gasteiger partial charge in [-0.25, -0.2) is 8.78 Å². The summed E-state index contributed by atoms with van der Waals surface area (Å²) in [7, 11) is 1.60. The number of carbonyl (C=O) groups excluding carboxylic acids is 1. The van der Waals surface area contributed by atoms with E-state index >= 15 is 0 Å². The number of fused-ring (bicyclic) bond motifs is 1. The third-order valence-corrected chi connectivity index (χ3v) is 4.35. The summed E-state index contributed by atoms with van der Waals surface area (Å²) in [5.74, 6) is -1.34. The van der Waals surface area contributed by atoms with Crippen molar-refractivity contribution in [2.24, 2.45) is 0 Å². The van der Waals surface area contributed by atoms with E-state index in [9.17, 15) is 13.6 Å². The molecular formula is C20H21F2N3O2.